The molecule has 0 aliphatic carbocycles. The van der Waals surface area contributed by atoms with Crippen molar-refractivity contribution in [2.45, 2.75) is 13.1 Å². The summed E-state index contributed by atoms with van der Waals surface area (Å²) in [6, 6.07) is 0. The van der Waals surface area contributed by atoms with E-state index in [-0.39, 0.29) is 0 Å². The van der Waals surface area contributed by atoms with Crippen molar-refractivity contribution in [1.82, 2.24) is 5.41 Å². The zero-order valence-corrected chi connectivity index (χ0v) is 3.58. The first-order valence-corrected chi connectivity index (χ1v) is 1.54. The van der Waals surface area contributed by atoms with Gasteiger partial charge in [-0.25, -0.2) is 0 Å². The van der Waals surface area contributed by atoms with Gasteiger partial charge in [-0.15, -0.1) is 0 Å². The summed E-state index contributed by atoms with van der Waals surface area (Å²) in [6.07, 6.45) is -4.53. The van der Waals surface area contributed by atoms with Gasteiger partial charge in [0.25, 0.3) is 0 Å². The van der Waals surface area contributed by atoms with Gasteiger partial charge < -0.3 is 0 Å². The summed E-state index contributed by atoms with van der Waals surface area (Å²) in [6.45, 7) is 0.597. The second-order valence-corrected chi connectivity index (χ2v) is 1.08. The van der Waals surface area contributed by atoms with Crippen LogP contribution in [0.15, 0.2) is 0 Å². The van der Waals surface area contributed by atoms with Crippen LogP contribution in [0.4, 0.5) is 13.2 Å². The SMILES string of the molecule is CC(=[N])C(F)(F)F. The van der Waals surface area contributed by atoms with Crippen LogP contribution in [0, 0.1) is 0 Å². The minimum atomic E-state index is -4.53. The molecule has 0 amide bonds. The fraction of sp³-hybridized carbons (Fsp3) is 0.667. The highest BCUT2D eigenvalue weighted by atomic mass is 19.4. The van der Waals surface area contributed by atoms with E-state index in [1.165, 1.54) is 0 Å². The van der Waals surface area contributed by atoms with Gasteiger partial charge in [-0.05, 0) is 6.92 Å². The molecule has 4 heteroatoms. The van der Waals surface area contributed by atoms with Crippen molar-refractivity contribution in [3.63, 3.8) is 0 Å². The smallest absolute Gasteiger partial charge is 0.165 e. The van der Waals surface area contributed by atoms with Crippen LogP contribution >= 0.6 is 0 Å². The minimum absolute atomic E-state index is 0.597. The molecule has 0 unspecified atom stereocenters. The first-order valence-electron chi connectivity index (χ1n) is 1.54. The van der Waals surface area contributed by atoms with Crippen molar-refractivity contribution in [2.75, 3.05) is 0 Å². The third kappa shape index (κ3) is 2.19. The van der Waals surface area contributed by atoms with Gasteiger partial charge in [-0.2, -0.15) is 18.6 Å². The Morgan fingerprint density at radius 3 is 1.57 bits per heavy atom. The Bertz CT molecular complexity index is 82.7. The summed E-state index contributed by atoms with van der Waals surface area (Å²) >= 11 is 0. The van der Waals surface area contributed by atoms with E-state index >= 15 is 0 Å². The zero-order chi connectivity index (χ0) is 6.08. The summed E-state index contributed by atoms with van der Waals surface area (Å²) in [5.41, 5.74) is -1.51. The topological polar surface area (TPSA) is 22.3 Å². The highest BCUT2D eigenvalue weighted by Crippen LogP contribution is 2.13. The lowest BCUT2D eigenvalue weighted by Crippen LogP contribution is -2.19. The molecule has 0 aromatic rings. The Kier molecular flexibility index (Phi) is 1.40. The number of hydrogen-bond acceptors (Lipinski definition) is 0. The number of halogens is 3. The summed E-state index contributed by atoms with van der Waals surface area (Å²) in [4.78, 5) is 0. The van der Waals surface area contributed by atoms with Crippen LogP contribution in [0.2, 0.25) is 0 Å². The van der Waals surface area contributed by atoms with Crippen molar-refractivity contribution in [3.05, 3.63) is 0 Å². The molecule has 0 fully saturated rings. The first kappa shape index (κ1) is 6.46. The molecule has 0 spiro atoms. The van der Waals surface area contributed by atoms with Gasteiger partial charge in [0.05, 0.1) is 0 Å². The molecular weight excluding hydrogens is 107 g/mol. The van der Waals surface area contributed by atoms with Crippen molar-refractivity contribution in [3.8, 4) is 0 Å². The molecule has 0 saturated heterocycles. The van der Waals surface area contributed by atoms with Gasteiger partial charge in [-0.1, -0.05) is 0 Å². The number of alkyl halides is 3. The lowest BCUT2D eigenvalue weighted by molar-refractivity contribution is -0.0591. The Hall–Kier alpha value is -0.540. The highest BCUT2D eigenvalue weighted by Gasteiger charge is 2.30. The fourth-order valence-electron chi connectivity index (χ4n) is 0. The van der Waals surface area contributed by atoms with E-state index < -0.39 is 11.9 Å². The van der Waals surface area contributed by atoms with Crippen LogP contribution in [0.5, 0.6) is 0 Å². The van der Waals surface area contributed by atoms with Crippen LogP contribution in [0.25, 0.3) is 0 Å². The van der Waals surface area contributed by atoms with Crippen LogP contribution in [0.3, 0.4) is 0 Å². The number of rotatable bonds is 0. The Balaban J connectivity index is 3.79. The summed E-state index contributed by atoms with van der Waals surface area (Å²) in [5, 5.41) is 7.68. The summed E-state index contributed by atoms with van der Waals surface area (Å²) in [5.74, 6) is 0. The van der Waals surface area contributed by atoms with Crippen molar-refractivity contribution in [1.29, 1.82) is 0 Å². The maximum atomic E-state index is 10.9. The van der Waals surface area contributed by atoms with Crippen molar-refractivity contribution in [2.24, 2.45) is 0 Å². The lowest BCUT2D eigenvalue weighted by Gasteiger charge is -1.97. The average Bonchev–Trinajstić information content (AvgIpc) is 1.31. The van der Waals surface area contributed by atoms with E-state index in [1.807, 2.05) is 0 Å². The molecule has 0 saturated carbocycles. The predicted octanol–water partition coefficient (Wildman–Crippen LogP) is 0.810. The van der Waals surface area contributed by atoms with Crippen molar-refractivity contribution < 1.29 is 13.2 Å². The van der Waals surface area contributed by atoms with Gasteiger partial charge in [0.15, 0.2) is 0 Å². The second-order valence-electron chi connectivity index (χ2n) is 1.08. The van der Waals surface area contributed by atoms with Crippen LogP contribution in [-0.4, -0.2) is 11.9 Å². The van der Waals surface area contributed by atoms with E-state index in [4.69, 9.17) is 5.41 Å². The third-order valence-corrected chi connectivity index (χ3v) is 0.410. The average molecular weight is 110 g/mol. The zero-order valence-electron chi connectivity index (χ0n) is 3.58. The highest BCUT2D eigenvalue weighted by molar-refractivity contribution is 5.85. The maximum absolute atomic E-state index is 10.9. The largest absolute Gasteiger partial charge is 0.431 e. The number of hydrogen-bond donors (Lipinski definition) is 0. The quantitative estimate of drug-likeness (QED) is 0.412. The molecule has 0 N–H and O–H groups in total. The lowest BCUT2D eigenvalue weighted by atomic mass is 10.4. The molecule has 0 aromatic carbocycles. The molecule has 1 nitrogen and oxygen atoms in total. The molecule has 0 aliphatic heterocycles. The van der Waals surface area contributed by atoms with Crippen LogP contribution in [-0.2, 0) is 0 Å². The summed E-state index contributed by atoms with van der Waals surface area (Å²) in [7, 11) is 0. The Morgan fingerprint density at radius 2 is 1.57 bits per heavy atom. The van der Waals surface area contributed by atoms with E-state index in [0.29, 0.717) is 6.92 Å². The summed E-state index contributed by atoms with van der Waals surface area (Å²) < 4.78 is 32.7. The molecule has 0 atom stereocenters. The molecule has 0 rings (SSSR count). The van der Waals surface area contributed by atoms with Gasteiger partial charge in [0.2, 0.25) is 0 Å². The number of nitrogens with zero attached hydrogens (tertiary/aromatic N) is 1. The predicted molar refractivity (Wildman–Crippen MR) is 18.9 cm³/mol. The molecule has 41 valence electrons. The van der Waals surface area contributed by atoms with Gasteiger partial charge in [0, 0.05) is 0 Å². The first-order chi connectivity index (χ1) is 2.94. The van der Waals surface area contributed by atoms with Crippen LogP contribution in [0.1, 0.15) is 6.92 Å². The van der Waals surface area contributed by atoms with E-state index in [0.717, 1.165) is 0 Å². The van der Waals surface area contributed by atoms with Crippen LogP contribution < -0.4 is 5.41 Å². The van der Waals surface area contributed by atoms with Crippen molar-refractivity contribution >= 4 is 5.71 Å². The monoisotopic (exact) mass is 110 g/mol. The molecule has 0 aliphatic rings. The van der Waals surface area contributed by atoms with Gasteiger partial charge in [0.1, 0.15) is 5.71 Å². The molecule has 7 heavy (non-hydrogen) atoms. The maximum Gasteiger partial charge on any atom is 0.431 e. The molecule has 1 radical (unpaired) electrons. The van der Waals surface area contributed by atoms with E-state index in [2.05, 4.69) is 0 Å². The standard InChI is InChI=1S/C3H3F3N/c1-2(7)3(4,5)6/h1H3. The Morgan fingerprint density at radius 1 is 1.43 bits per heavy atom. The molecule has 0 aromatic heterocycles. The molecule has 0 heterocycles. The molecular formula is C3H3F3N. The normalized spacial score (nSPS) is 11.4. The van der Waals surface area contributed by atoms with E-state index in [9.17, 15) is 13.2 Å². The minimum Gasteiger partial charge on any atom is -0.165 e. The third-order valence-electron chi connectivity index (χ3n) is 0.410. The molecule has 0 bridgehead atoms. The van der Waals surface area contributed by atoms with Gasteiger partial charge in [-0.3, -0.25) is 0 Å². The Labute approximate surface area is 38.7 Å². The van der Waals surface area contributed by atoms with E-state index in [1.54, 1.807) is 0 Å². The fourth-order valence-corrected chi connectivity index (χ4v) is 0. The second kappa shape index (κ2) is 1.52. The van der Waals surface area contributed by atoms with Gasteiger partial charge >= 0.3 is 6.18 Å².